The predicted octanol–water partition coefficient (Wildman–Crippen LogP) is -0.939. The summed E-state index contributed by atoms with van der Waals surface area (Å²) in [6, 6.07) is 0.331. The highest BCUT2D eigenvalue weighted by atomic mass is 16.2. The fourth-order valence-corrected chi connectivity index (χ4v) is 2.29. The van der Waals surface area contributed by atoms with Crippen LogP contribution in [0.25, 0.3) is 0 Å². The first kappa shape index (κ1) is 8.84. The van der Waals surface area contributed by atoms with Gasteiger partial charge in [0.15, 0.2) is 0 Å². The number of aromatic nitrogens is 3. The maximum atomic E-state index is 11.7. The summed E-state index contributed by atoms with van der Waals surface area (Å²) in [5, 5.41) is 12.7. The average molecular weight is 207 g/mol. The third-order valence-electron chi connectivity index (χ3n) is 3.19. The normalized spacial score (nSPS) is 32.5. The number of rotatable bonds is 2. The zero-order chi connectivity index (χ0) is 10.4. The van der Waals surface area contributed by atoms with Crippen molar-refractivity contribution in [2.45, 2.75) is 13.0 Å². The van der Waals surface area contributed by atoms with Crippen LogP contribution in [0.1, 0.15) is 16.4 Å². The molecule has 0 radical (unpaired) electrons. The van der Waals surface area contributed by atoms with E-state index in [1.807, 2.05) is 0 Å². The third kappa shape index (κ3) is 1.41. The van der Waals surface area contributed by atoms with E-state index in [1.54, 1.807) is 6.92 Å². The minimum absolute atomic E-state index is 0.168. The van der Waals surface area contributed by atoms with E-state index in [9.17, 15) is 4.79 Å². The molecule has 0 spiro atoms. The largest absolute Gasteiger partial charge is 0.346 e. The van der Waals surface area contributed by atoms with Crippen molar-refractivity contribution in [1.29, 1.82) is 0 Å². The summed E-state index contributed by atoms with van der Waals surface area (Å²) >= 11 is 0. The fourth-order valence-electron chi connectivity index (χ4n) is 2.29. The number of aryl methyl sites for hydroxylation is 1. The lowest BCUT2D eigenvalue weighted by atomic mass is 10.4. The first-order chi connectivity index (χ1) is 7.25. The van der Waals surface area contributed by atoms with Gasteiger partial charge in [-0.25, -0.2) is 4.98 Å². The first-order valence-electron chi connectivity index (χ1n) is 5.16. The van der Waals surface area contributed by atoms with Gasteiger partial charge >= 0.3 is 0 Å². The number of aromatic amines is 1. The number of carbonyl (C=O) groups excluding carboxylic acids is 1. The standard InChI is InChI=1S/C9H13N5O/c1-4-11-8(14-13-4)9(15)12-7-5-2-10-3-6(5)7/h5-7,10H,2-3H2,1H3,(H,12,15)(H,11,13,14). The van der Waals surface area contributed by atoms with E-state index in [-0.39, 0.29) is 11.7 Å². The zero-order valence-corrected chi connectivity index (χ0v) is 8.45. The van der Waals surface area contributed by atoms with Gasteiger partial charge in [-0.3, -0.25) is 9.89 Å². The monoisotopic (exact) mass is 207 g/mol. The lowest BCUT2D eigenvalue weighted by Gasteiger charge is -2.04. The van der Waals surface area contributed by atoms with Crippen molar-refractivity contribution in [3.63, 3.8) is 0 Å². The van der Waals surface area contributed by atoms with Crippen molar-refractivity contribution < 1.29 is 4.79 Å². The van der Waals surface area contributed by atoms with Crippen LogP contribution in [0.5, 0.6) is 0 Å². The summed E-state index contributed by atoms with van der Waals surface area (Å²) in [7, 11) is 0. The summed E-state index contributed by atoms with van der Waals surface area (Å²) in [4.78, 5) is 15.7. The van der Waals surface area contributed by atoms with Crippen LogP contribution in [0.3, 0.4) is 0 Å². The van der Waals surface area contributed by atoms with Gasteiger partial charge in [-0.05, 0) is 18.8 Å². The van der Waals surface area contributed by atoms with Crippen molar-refractivity contribution >= 4 is 5.91 Å². The molecule has 2 fully saturated rings. The molecule has 0 bridgehead atoms. The molecule has 1 aromatic heterocycles. The quantitative estimate of drug-likeness (QED) is 0.584. The Bertz CT molecular complexity index is 391. The molecule has 2 unspecified atom stereocenters. The van der Waals surface area contributed by atoms with Crippen LogP contribution < -0.4 is 10.6 Å². The molecule has 1 amide bonds. The summed E-state index contributed by atoms with van der Waals surface area (Å²) in [5.41, 5.74) is 0. The molecule has 1 aliphatic heterocycles. The van der Waals surface area contributed by atoms with Gasteiger partial charge in [0.25, 0.3) is 5.91 Å². The summed E-state index contributed by atoms with van der Waals surface area (Å²) in [6.45, 7) is 3.81. The maximum absolute atomic E-state index is 11.7. The first-order valence-corrected chi connectivity index (χ1v) is 5.16. The fraction of sp³-hybridized carbons (Fsp3) is 0.667. The average Bonchev–Trinajstić information content (AvgIpc) is 2.66. The molecule has 1 aromatic rings. The van der Waals surface area contributed by atoms with Crippen molar-refractivity contribution in [1.82, 2.24) is 25.8 Å². The number of hydrogen-bond acceptors (Lipinski definition) is 4. The highest BCUT2D eigenvalue weighted by molar-refractivity contribution is 5.90. The van der Waals surface area contributed by atoms with Gasteiger partial charge in [-0.2, -0.15) is 0 Å². The van der Waals surface area contributed by atoms with E-state index in [4.69, 9.17) is 0 Å². The lowest BCUT2D eigenvalue weighted by molar-refractivity contribution is 0.0936. The van der Waals surface area contributed by atoms with E-state index >= 15 is 0 Å². The molecule has 6 heteroatoms. The molecule has 3 N–H and O–H groups in total. The maximum Gasteiger partial charge on any atom is 0.291 e. The van der Waals surface area contributed by atoms with Crippen molar-refractivity contribution in [2.24, 2.45) is 11.8 Å². The van der Waals surface area contributed by atoms with E-state index in [0.29, 0.717) is 23.7 Å². The molecule has 1 saturated heterocycles. The molecule has 15 heavy (non-hydrogen) atoms. The Morgan fingerprint density at radius 3 is 2.80 bits per heavy atom. The van der Waals surface area contributed by atoms with Gasteiger partial charge in [-0.1, -0.05) is 0 Å². The Kier molecular flexibility index (Phi) is 1.79. The highest BCUT2D eigenvalue weighted by Crippen LogP contribution is 2.41. The summed E-state index contributed by atoms with van der Waals surface area (Å²) in [5.74, 6) is 1.98. The van der Waals surface area contributed by atoms with Gasteiger partial charge < -0.3 is 10.6 Å². The molecule has 2 heterocycles. The van der Waals surface area contributed by atoms with Crippen LogP contribution in [-0.2, 0) is 0 Å². The predicted molar refractivity (Wildman–Crippen MR) is 52.2 cm³/mol. The van der Waals surface area contributed by atoms with E-state index in [2.05, 4.69) is 25.8 Å². The zero-order valence-electron chi connectivity index (χ0n) is 8.45. The van der Waals surface area contributed by atoms with Crippen LogP contribution in [0, 0.1) is 18.8 Å². The highest BCUT2D eigenvalue weighted by Gasteiger charge is 2.53. The Hall–Kier alpha value is -1.43. The molecular weight excluding hydrogens is 194 g/mol. The molecule has 0 aromatic carbocycles. The Balaban J connectivity index is 1.62. The Labute approximate surface area is 86.9 Å². The summed E-state index contributed by atoms with van der Waals surface area (Å²) < 4.78 is 0. The SMILES string of the molecule is Cc1nc(C(=O)NC2C3CNCC32)n[nH]1. The third-order valence-corrected chi connectivity index (χ3v) is 3.19. The second-order valence-electron chi connectivity index (χ2n) is 4.23. The van der Waals surface area contributed by atoms with Crippen molar-refractivity contribution in [3.8, 4) is 0 Å². The number of amides is 1. The minimum atomic E-state index is -0.168. The van der Waals surface area contributed by atoms with E-state index in [1.165, 1.54) is 0 Å². The van der Waals surface area contributed by atoms with Crippen molar-refractivity contribution in [3.05, 3.63) is 11.6 Å². The minimum Gasteiger partial charge on any atom is -0.346 e. The van der Waals surface area contributed by atoms with Crippen LogP contribution in [-0.4, -0.2) is 40.2 Å². The smallest absolute Gasteiger partial charge is 0.291 e. The van der Waals surface area contributed by atoms with Crippen LogP contribution in [0.15, 0.2) is 0 Å². The van der Waals surface area contributed by atoms with Gasteiger partial charge in [-0.15, -0.1) is 5.10 Å². The van der Waals surface area contributed by atoms with E-state index < -0.39 is 0 Å². The second-order valence-corrected chi connectivity index (χ2v) is 4.23. The molecule has 2 atom stereocenters. The Morgan fingerprint density at radius 2 is 2.20 bits per heavy atom. The van der Waals surface area contributed by atoms with E-state index in [0.717, 1.165) is 13.1 Å². The number of nitrogens with zero attached hydrogens (tertiary/aromatic N) is 2. The molecular formula is C9H13N5O. The second kappa shape index (κ2) is 3.03. The van der Waals surface area contributed by atoms with Crippen LogP contribution in [0.4, 0.5) is 0 Å². The van der Waals surface area contributed by atoms with Gasteiger partial charge in [0.1, 0.15) is 5.82 Å². The molecule has 2 aliphatic rings. The lowest BCUT2D eigenvalue weighted by Crippen LogP contribution is -2.33. The molecule has 3 rings (SSSR count). The molecule has 80 valence electrons. The van der Waals surface area contributed by atoms with Gasteiger partial charge in [0, 0.05) is 19.1 Å². The summed E-state index contributed by atoms with van der Waals surface area (Å²) in [6.07, 6.45) is 0. The van der Waals surface area contributed by atoms with Crippen LogP contribution >= 0.6 is 0 Å². The number of piperidine rings is 1. The number of fused-ring (bicyclic) bond motifs is 1. The van der Waals surface area contributed by atoms with Gasteiger partial charge in [0.2, 0.25) is 5.82 Å². The number of hydrogen-bond donors (Lipinski definition) is 3. The topological polar surface area (TPSA) is 82.7 Å². The molecule has 1 aliphatic carbocycles. The van der Waals surface area contributed by atoms with Crippen molar-refractivity contribution in [2.75, 3.05) is 13.1 Å². The number of carbonyl (C=O) groups is 1. The van der Waals surface area contributed by atoms with Gasteiger partial charge in [0.05, 0.1) is 0 Å². The Morgan fingerprint density at radius 1 is 1.47 bits per heavy atom. The number of nitrogens with one attached hydrogen (secondary N) is 3. The molecule has 6 nitrogen and oxygen atoms in total. The molecule has 1 saturated carbocycles. The van der Waals surface area contributed by atoms with Crippen LogP contribution in [0.2, 0.25) is 0 Å². The number of H-pyrrole nitrogens is 1.